The fraction of sp³-hybridized carbons (Fsp3) is 0.300. The maximum absolute atomic E-state index is 11.9. The van der Waals surface area contributed by atoms with E-state index in [1.807, 2.05) is 45.0 Å². The number of benzene rings is 2. The molecule has 0 saturated carbocycles. The summed E-state index contributed by atoms with van der Waals surface area (Å²) in [5.41, 5.74) is 2.54. The number of amides is 2. The first kappa shape index (κ1) is 18.5. The van der Waals surface area contributed by atoms with Crippen molar-refractivity contribution in [3.8, 4) is 5.75 Å². The van der Waals surface area contributed by atoms with Crippen molar-refractivity contribution < 1.29 is 14.3 Å². The van der Waals surface area contributed by atoms with Gasteiger partial charge in [-0.25, -0.2) is 0 Å². The van der Waals surface area contributed by atoms with Crippen molar-refractivity contribution in [1.82, 2.24) is 10.6 Å². The van der Waals surface area contributed by atoms with Crippen LogP contribution in [0, 0.1) is 6.92 Å². The number of hydrogen-bond acceptors (Lipinski definition) is 3. The van der Waals surface area contributed by atoms with Crippen molar-refractivity contribution in [2.75, 3.05) is 6.54 Å². The Hall–Kier alpha value is -2.82. The van der Waals surface area contributed by atoms with Gasteiger partial charge >= 0.3 is 0 Å². The summed E-state index contributed by atoms with van der Waals surface area (Å²) < 4.78 is 5.70. The molecular weight excluding hydrogens is 316 g/mol. The molecule has 5 nitrogen and oxygen atoms in total. The highest BCUT2D eigenvalue weighted by Crippen LogP contribution is 2.20. The predicted octanol–water partition coefficient (Wildman–Crippen LogP) is 2.83. The summed E-state index contributed by atoms with van der Waals surface area (Å²) in [5.74, 6) is 0.353. The van der Waals surface area contributed by atoms with Crippen LogP contribution in [0.1, 0.15) is 35.3 Å². The van der Waals surface area contributed by atoms with Crippen molar-refractivity contribution in [3.05, 3.63) is 65.2 Å². The van der Waals surface area contributed by atoms with E-state index in [0.717, 1.165) is 16.9 Å². The van der Waals surface area contributed by atoms with Crippen molar-refractivity contribution >= 4 is 11.8 Å². The summed E-state index contributed by atoms with van der Waals surface area (Å²) in [4.78, 5) is 23.8. The molecule has 0 aliphatic carbocycles. The molecule has 25 heavy (non-hydrogen) atoms. The number of aryl methyl sites for hydroxylation is 1. The van der Waals surface area contributed by atoms with Crippen LogP contribution in [0.25, 0.3) is 0 Å². The minimum atomic E-state index is -0.262. The van der Waals surface area contributed by atoms with Gasteiger partial charge in [0.2, 0.25) is 5.91 Å². The first-order valence-electron chi connectivity index (χ1n) is 8.32. The largest absolute Gasteiger partial charge is 0.491 e. The van der Waals surface area contributed by atoms with E-state index in [4.69, 9.17) is 4.74 Å². The number of carbonyl (C=O) groups excluding carboxylic acids is 2. The van der Waals surface area contributed by atoms with Crippen LogP contribution in [0.15, 0.2) is 48.5 Å². The fourth-order valence-electron chi connectivity index (χ4n) is 2.32. The minimum absolute atomic E-state index is 0.0543. The Kier molecular flexibility index (Phi) is 6.57. The first-order valence-corrected chi connectivity index (χ1v) is 8.32. The second kappa shape index (κ2) is 8.87. The van der Waals surface area contributed by atoms with E-state index >= 15 is 0 Å². The zero-order valence-corrected chi connectivity index (χ0v) is 14.8. The summed E-state index contributed by atoms with van der Waals surface area (Å²) in [6.45, 7) is 6.29. The van der Waals surface area contributed by atoms with E-state index < -0.39 is 0 Å². The summed E-state index contributed by atoms with van der Waals surface area (Å²) in [6, 6.07) is 14.6. The number of ether oxygens (including phenoxy) is 1. The molecule has 2 amide bonds. The Balaban J connectivity index is 1.80. The third-order valence-electron chi connectivity index (χ3n) is 3.54. The Morgan fingerprint density at radius 3 is 2.40 bits per heavy atom. The quantitative estimate of drug-likeness (QED) is 0.814. The predicted molar refractivity (Wildman–Crippen MR) is 97.6 cm³/mol. The number of carbonyl (C=O) groups is 2. The second-order valence-electron chi connectivity index (χ2n) is 6.09. The standard InChI is InChI=1S/C20H24N2O3/c1-14(2)25-18-10-9-16(11-15(18)3)12-21-19(23)13-22-20(24)17-7-5-4-6-8-17/h4-11,14H,12-13H2,1-3H3,(H,21,23)(H,22,24). The molecule has 0 aliphatic rings. The highest BCUT2D eigenvalue weighted by atomic mass is 16.5. The molecule has 0 radical (unpaired) electrons. The number of hydrogen-bond donors (Lipinski definition) is 2. The molecular formula is C20H24N2O3. The Bertz CT molecular complexity index is 727. The summed E-state index contributed by atoms with van der Waals surface area (Å²) in [7, 11) is 0. The van der Waals surface area contributed by atoms with E-state index in [9.17, 15) is 9.59 Å². The van der Waals surface area contributed by atoms with E-state index in [0.29, 0.717) is 12.1 Å². The molecule has 0 saturated heterocycles. The molecule has 0 unspecified atom stereocenters. The van der Waals surface area contributed by atoms with Crippen molar-refractivity contribution in [2.45, 2.75) is 33.4 Å². The van der Waals surface area contributed by atoms with Crippen LogP contribution >= 0.6 is 0 Å². The van der Waals surface area contributed by atoms with E-state index in [-0.39, 0.29) is 24.5 Å². The first-order chi connectivity index (χ1) is 12.0. The van der Waals surface area contributed by atoms with E-state index in [1.165, 1.54) is 0 Å². The summed E-state index contributed by atoms with van der Waals surface area (Å²) in [5, 5.41) is 5.40. The SMILES string of the molecule is Cc1cc(CNC(=O)CNC(=O)c2ccccc2)ccc1OC(C)C. The molecule has 2 aromatic rings. The third-order valence-corrected chi connectivity index (χ3v) is 3.54. The fourth-order valence-corrected chi connectivity index (χ4v) is 2.32. The molecule has 5 heteroatoms. The van der Waals surface area contributed by atoms with Gasteiger partial charge < -0.3 is 15.4 Å². The van der Waals surface area contributed by atoms with Gasteiger partial charge in [0.15, 0.2) is 0 Å². The molecule has 132 valence electrons. The van der Waals surface area contributed by atoms with Gasteiger partial charge in [-0.05, 0) is 50.1 Å². The molecule has 0 heterocycles. The van der Waals surface area contributed by atoms with Crippen LogP contribution in [-0.2, 0) is 11.3 Å². The van der Waals surface area contributed by atoms with Crippen molar-refractivity contribution in [2.24, 2.45) is 0 Å². The van der Waals surface area contributed by atoms with Crippen LogP contribution in [0.4, 0.5) is 0 Å². The van der Waals surface area contributed by atoms with Crippen LogP contribution in [0.5, 0.6) is 5.75 Å². The van der Waals surface area contributed by atoms with Gasteiger partial charge in [0.05, 0.1) is 12.6 Å². The normalized spacial score (nSPS) is 10.4. The zero-order chi connectivity index (χ0) is 18.2. The highest BCUT2D eigenvalue weighted by molar-refractivity contribution is 5.96. The molecule has 0 aromatic heterocycles. The molecule has 0 spiro atoms. The van der Waals surface area contributed by atoms with E-state index in [1.54, 1.807) is 24.3 Å². The smallest absolute Gasteiger partial charge is 0.251 e. The van der Waals surface area contributed by atoms with Crippen LogP contribution in [-0.4, -0.2) is 24.5 Å². The molecule has 2 N–H and O–H groups in total. The van der Waals surface area contributed by atoms with E-state index in [2.05, 4.69) is 10.6 Å². The van der Waals surface area contributed by atoms with Gasteiger partial charge in [0.25, 0.3) is 5.91 Å². The lowest BCUT2D eigenvalue weighted by Crippen LogP contribution is -2.36. The Labute approximate surface area is 148 Å². The summed E-state index contributed by atoms with van der Waals surface area (Å²) in [6.07, 6.45) is 0.123. The maximum atomic E-state index is 11.9. The van der Waals surface area contributed by atoms with Gasteiger partial charge in [-0.3, -0.25) is 9.59 Å². The Morgan fingerprint density at radius 1 is 1.04 bits per heavy atom. The molecule has 2 rings (SSSR count). The van der Waals surface area contributed by atoms with Gasteiger partial charge in [-0.2, -0.15) is 0 Å². The highest BCUT2D eigenvalue weighted by Gasteiger charge is 2.08. The molecule has 0 atom stereocenters. The lowest BCUT2D eigenvalue weighted by molar-refractivity contribution is -0.120. The van der Waals surface area contributed by atoms with Crippen LogP contribution in [0.2, 0.25) is 0 Å². The zero-order valence-electron chi connectivity index (χ0n) is 14.8. The number of rotatable bonds is 7. The lowest BCUT2D eigenvalue weighted by atomic mass is 10.1. The van der Waals surface area contributed by atoms with Gasteiger partial charge in [0, 0.05) is 12.1 Å². The monoisotopic (exact) mass is 340 g/mol. The lowest BCUT2D eigenvalue weighted by Gasteiger charge is -2.13. The average Bonchev–Trinajstić information content (AvgIpc) is 2.60. The van der Waals surface area contributed by atoms with Gasteiger partial charge in [0.1, 0.15) is 5.75 Å². The van der Waals surface area contributed by atoms with Crippen LogP contribution < -0.4 is 15.4 Å². The topological polar surface area (TPSA) is 67.4 Å². The second-order valence-corrected chi connectivity index (χ2v) is 6.09. The minimum Gasteiger partial charge on any atom is -0.491 e. The summed E-state index contributed by atoms with van der Waals surface area (Å²) >= 11 is 0. The maximum Gasteiger partial charge on any atom is 0.251 e. The van der Waals surface area contributed by atoms with Crippen molar-refractivity contribution in [1.29, 1.82) is 0 Å². The van der Waals surface area contributed by atoms with Gasteiger partial charge in [-0.1, -0.05) is 30.3 Å². The van der Waals surface area contributed by atoms with Crippen LogP contribution in [0.3, 0.4) is 0 Å². The molecule has 0 fully saturated rings. The molecule has 0 aliphatic heterocycles. The number of nitrogens with one attached hydrogen (secondary N) is 2. The molecule has 0 bridgehead atoms. The third kappa shape index (κ3) is 5.95. The van der Waals surface area contributed by atoms with Crippen molar-refractivity contribution in [3.63, 3.8) is 0 Å². The average molecular weight is 340 g/mol. The molecule has 2 aromatic carbocycles. The van der Waals surface area contributed by atoms with Gasteiger partial charge in [-0.15, -0.1) is 0 Å². The Morgan fingerprint density at radius 2 is 1.76 bits per heavy atom.